The molecule has 0 atom stereocenters. The number of fused-ring (bicyclic) bond motifs is 1. The lowest BCUT2D eigenvalue weighted by molar-refractivity contribution is 0.490. The molecule has 4 nitrogen and oxygen atoms in total. The van der Waals surface area contributed by atoms with Crippen molar-refractivity contribution in [2.24, 2.45) is 7.05 Å². The van der Waals surface area contributed by atoms with E-state index >= 15 is 0 Å². The van der Waals surface area contributed by atoms with Crippen LogP contribution in [0.4, 0.5) is 13.2 Å². The molecule has 3 rings (SSSR count). The van der Waals surface area contributed by atoms with E-state index in [1.54, 1.807) is 7.05 Å². The first kappa shape index (κ1) is 13.9. The number of rotatable bonds is 2. The van der Waals surface area contributed by atoms with Gasteiger partial charge in [-0.05, 0) is 18.6 Å². The number of benzene rings is 1. The number of hydrogen-bond donors (Lipinski definition) is 1. The summed E-state index contributed by atoms with van der Waals surface area (Å²) >= 11 is 5.16. The predicted octanol–water partition coefficient (Wildman–Crippen LogP) is 3.40. The molecule has 0 amide bonds. The smallest absolute Gasteiger partial charge is 0.184 e. The summed E-state index contributed by atoms with van der Waals surface area (Å²) in [5.74, 6) is -3.30. The van der Waals surface area contributed by atoms with Gasteiger partial charge in [0.1, 0.15) is 11.3 Å². The monoisotopic (exact) mass is 312 g/mol. The summed E-state index contributed by atoms with van der Waals surface area (Å²) in [6.07, 6.45) is 0.645. The van der Waals surface area contributed by atoms with E-state index in [1.165, 1.54) is 9.25 Å². The molecule has 2 heterocycles. The van der Waals surface area contributed by atoms with Gasteiger partial charge in [-0.25, -0.2) is 17.9 Å². The average molecular weight is 312 g/mol. The molecule has 0 saturated carbocycles. The summed E-state index contributed by atoms with van der Waals surface area (Å²) in [7, 11) is 1.66. The molecule has 8 heteroatoms. The number of aryl methyl sites for hydroxylation is 2. The summed E-state index contributed by atoms with van der Waals surface area (Å²) in [5.41, 5.74) is 1.55. The number of hydrogen-bond acceptors (Lipinski definition) is 2. The van der Waals surface area contributed by atoms with Crippen LogP contribution in [0.3, 0.4) is 0 Å². The predicted molar refractivity (Wildman–Crippen MR) is 74.5 cm³/mol. The molecular formula is C13H11F3N4S. The third-order valence-corrected chi connectivity index (χ3v) is 3.57. The fourth-order valence-electron chi connectivity index (χ4n) is 2.39. The van der Waals surface area contributed by atoms with Gasteiger partial charge >= 0.3 is 0 Å². The van der Waals surface area contributed by atoms with Crippen molar-refractivity contribution >= 4 is 23.4 Å². The second-order valence-electron chi connectivity index (χ2n) is 4.61. The summed E-state index contributed by atoms with van der Waals surface area (Å²) in [4.78, 5) is 2.91. The van der Waals surface area contributed by atoms with E-state index in [-0.39, 0.29) is 10.5 Å². The van der Waals surface area contributed by atoms with Crippen LogP contribution in [0.15, 0.2) is 12.1 Å². The lowest BCUT2D eigenvalue weighted by atomic mass is 10.2. The van der Waals surface area contributed by atoms with Crippen LogP contribution in [0, 0.1) is 22.2 Å². The Morgan fingerprint density at radius 3 is 2.67 bits per heavy atom. The van der Waals surface area contributed by atoms with Crippen LogP contribution >= 0.6 is 12.2 Å². The van der Waals surface area contributed by atoms with Crippen LogP contribution in [0.2, 0.25) is 0 Å². The highest BCUT2D eigenvalue weighted by molar-refractivity contribution is 7.71. The standard InChI is InChI=1S/C13H11F3N4S/c1-3-8-11-12(19(2)18-8)20(13(21)17-11)9-5-6(14)4-7(15)10(9)16/h4-5H,3H2,1-2H3,(H,17,21). The quantitative estimate of drug-likeness (QED) is 0.582. The fourth-order valence-corrected chi connectivity index (χ4v) is 2.68. The molecule has 21 heavy (non-hydrogen) atoms. The Labute approximate surface area is 122 Å². The summed E-state index contributed by atoms with van der Waals surface area (Å²) in [6, 6.07) is 1.40. The zero-order valence-electron chi connectivity index (χ0n) is 11.2. The van der Waals surface area contributed by atoms with E-state index < -0.39 is 17.5 Å². The molecular weight excluding hydrogens is 301 g/mol. The Balaban J connectivity index is 2.44. The Morgan fingerprint density at radius 2 is 2.00 bits per heavy atom. The van der Waals surface area contributed by atoms with Crippen molar-refractivity contribution < 1.29 is 13.2 Å². The molecule has 0 unspecified atom stereocenters. The molecule has 110 valence electrons. The largest absolute Gasteiger partial charge is 0.327 e. The highest BCUT2D eigenvalue weighted by Gasteiger charge is 2.20. The normalized spacial score (nSPS) is 11.5. The van der Waals surface area contributed by atoms with Crippen molar-refractivity contribution in [2.75, 3.05) is 0 Å². The zero-order valence-corrected chi connectivity index (χ0v) is 12.1. The van der Waals surface area contributed by atoms with Gasteiger partial charge in [0.05, 0.1) is 11.4 Å². The second-order valence-corrected chi connectivity index (χ2v) is 5.00. The lowest BCUT2D eigenvalue weighted by Gasteiger charge is -2.07. The molecule has 0 aliphatic heterocycles. The van der Waals surface area contributed by atoms with Crippen LogP contribution in [0.5, 0.6) is 0 Å². The Kier molecular flexibility index (Phi) is 3.12. The van der Waals surface area contributed by atoms with Crippen molar-refractivity contribution in [3.8, 4) is 5.69 Å². The van der Waals surface area contributed by atoms with Crippen LogP contribution in [0.1, 0.15) is 12.6 Å². The minimum absolute atomic E-state index is 0.150. The molecule has 1 aromatic carbocycles. The molecule has 0 bridgehead atoms. The van der Waals surface area contributed by atoms with E-state index in [2.05, 4.69) is 10.1 Å². The number of imidazole rings is 1. The maximum atomic E-state index is 14.0. The fraction of sp³-hybridized carbons (Fsp3) is 0.231. The first-order valence-corrected chi connectivity index (χ1v) is 6.66. The third kappa shape index (κ3) is 1.98. The Hall–Kier alpha value is -2.09. The van der Waals surface area contributed by atoms with Gasteiger partial charge in [0.2, 0.25) is 0 Å². The minimum Gasteiger partial charge on any atom is -0.327 e. The van der Waals surface area contributed by atoms with Crippen LogP contribution in [-0.2, 0) is 13.5 Å². The number of aromatic nitrogens is 4. The number of aromatic amines is 1. The van der Waals surface area contributed by atoms with E-state index in [1.807, 2.05) is 6.92 Å². The SMILES string of the molecule is CCc1nn(C)c2c1[nH]c(=S)n2-c1cc(F)cc(F)c1F. The second kappa shape index (κ2) is 4.73. The molecule has 0 aliphatic rings. The molecule has 3 aromatic rings. The van der Waals surface area contributed by atoms with Gasteiger partial charge in [-0.1, -0.05) is 6.92 Å². The maximum absolute atomic E-state index is 14.0. The molecule has 0 spiro atoms. The summed E-state index contributed by atoms with van der Waals surface area (Å²) in [5, 5.41) is 4.28. The van der Waals surface area contributed by atoms with Gasteiger partial charge < -0.3 is 4.98 Å². The molecule has 0 aliphatic carbocycles. The van der Waals surface area contributed by atoms with Crippen LogP contribution < -0.4 is 0 Å². The van der Waals surface area contributed by atoms with E-state index in [9.17, 15) is 13.2 Å². The minimum atomic E-state index is -1.26. The first-order chi connectivity index (χ1) is 9.93. The molecule has 0 saturated heterocycles. The van der Waals surface area contributed by atoms with Gasteiger partial charge in [-0.2, -0.15) is 5.10 Å². The van der Waals surface area contributed by atoms with Crippen molar-refractivity contribution in [2.45, 2.75) is 13.3 Å². The third-order valence-electron chi connectivity index (χ3n) is 3.29. The van der Waals surface area contributed by atoms with Crippen LogP contribution in [-0.4, -0.2) is 19.3 Å². The summed E-state index contributed by atoms with van der Waals surface area (Å²) < 4.78 is 43.8. The molecule has 0 fully saturated rings. The topological polar surface area (TPSA) is 38.5 Å². The maximum Gasteiger partial charge on any atom is 0.184 e. The van der Waals surface area contributed by atoms with Crippen LogP contribution in [0.25, 0.3) is 16.9 Å². The van der Waals surface area contributed by atoms with Crippen molar-refractivity contribution in [1.29, 1.82) is 0 Å². The zero-order chi connectivity index (χ0) is 15.3. The highest BCUT2D eigenvalue weighted by atomic mass is 32.1. The summed E-state index contributed by atoms with van der Waals surface area (Å²) in [6.45, 7) is 1.92. The van der Waals surface area contributed by atoms with Gasteiger partial charge in [-0.3, -0.25) is 4.57 Å². The molecule has 0 radical (unpaired) electrons. The van der Waals surface area contributed by atoms with Crippen molar-refractivity contribution in [3.63, 3.8) is 0 Å². The number of nitrogens with zero attached hydrogens (tertiary/aromatic N) is 3. The Morgan fingerprint density at radius 1 is 1.29 bits per heavy atom. The van der Waals surface area contributed by atoms with E-state index in [0.717, 1.165) is 11.8 Å². The van der Waals surface area contributed by atoms with Crippen molar-refractivity contribution in [1.82, 2.24) is 19.3 Å². The first-order valence-electron chi connectivity index (χ1n) is 6.25. The van der Waals surface area contributed by atoms with Gasteiger partial charge in [0.15, 0.2) is 22.1 Å². The Bertz CT molecular complexity index is 906. The number of halogens is 3. The van der Waals surface area contributed by atoms with Gasteiger partial charge in [-0.15, -0.1) is 0 Å². The highest BCUT2D eigenvalue weighted by Crippen LogP contribution is 2.25. The molecule has 1 N–H and O–H groups in total. The molecule has 2 aromatic heterocycles. The van der Waals surface area contributed by atoms with Crippen molar-refractivity contribution in [3.05, 3.63) is 40.0 Å². The lowest BCUT2D eigenvalue weighted by Crippen LogP contribution is -2.05. The van der Waals surface area contributed by atoms with E-state index in [0.29, 0.717) is 23.7 Å². The van der Waals surface area contributed by atoms with E-state index in [4.69, 9.17) is 12.2 Å². The number of H-pyrrole nitrogens is 1. The van der Waals surface area contributed by atoms with Gasteiger partial charge in [0, 0.05) is 19.2 Å². The average Bonchev–Trinajstić information content (AvgIpc) is 2.91. The number of nitrogens with one attached hydrogen (secondary N) is 1. The van der Waals surface area contributed by atoms with Gasteiger partial charge in [0.25, 0.3) is 0 Å².